The van der Waals surface area contributed by atoms with Crippen molar-refractivity contribution in [3.05, 3.63) is 28.0 Å². The Balaban J connectivity index is 1.89. The van der Waals surface area contributed by atoms with Crippen molar-refractivity contribution in [3.63, 3.8) is 0 Å². The molecule has 0 heterocycles. The highest BCUT2D eigenvalue weighted by molar-refractivity contribution is 7.92. The normalized spacial score (nSPS) is 15.3. The van der Waals surface area contributed by atoms with Gasteiger partial charge in [-0.05, 0) is 37.9 Å². The van der Waals surface area contributed by atoms with Gasteiger partial charge < -0.3 is 5.32 Å². The maximum atomic E-state index is 13.2. The Hall–Kier alpha value is -0.560. The van der Waals surface area contributed by atoms with Crippen LogP contribution in [0, 0.1) is 5.82 Å². The Labute approximate surface area is 127 Å². The molecule has 0 spiro atoms. The van der Waals surface area contributed by atoms with E-state index in [9.17, 15) is 12.8 Å². The van der Waals surface area contributed by atoms with Gasteiger partial charge in [-0.15, -0.1) is 0 Å². The molecule has 1 aliphatic rings. The van der Waals surface area contributed by atoms with Crippen LogP contribution in [0.25, 0.3) is 0 Å². The fourth-order valence-electron chi connectivity index (χ4n) is 1.70. The molecule has 8 heteroatoms. The Kier molecular flexibility index (Phi) is 5.12. The lowest BCUT2D eigenvalue weighted by Crippen LogP contribution is -2.23. The minimum atomic E-state index is -3.49. The first-order valence-electron chi connectivity index (χ1n) is 6.26. The fourth-order valence-corrected chi connectivity index (χ4v) is 3.29. The average Bonchev–Trinajstić information content (AvgIpc) is 3.15. The third-order valence-electron chi connectivity index (χ3n) is 2.86. The van der Waals surface area contributed by atoms with Crippen molar-refractivity contribution in [3.8, 4) is 0 Å². The van der Waals surface area contributed by atoms with E-state index in [4.69, 9.17) is 23.2 Å². The summed E-state index contributed by atoms with van der Waals surface area (Å²) in [5.74, 6) is -0.774. The zero-order valence-electron chi connectivity index (χ0n) is 10.6. The van der Waals surface area contributed by atoms with Gasteiger partial charge in [0.25, 0.3) is 0 Å². The number of sulfonamides is 1. The highest BCUT2D eigenvalue weighted by Gasteiger charge is 2.20. The standard InChI is InChI=1S/C12H15Cl2FN2O2S/c13-10-6-9(7-11(14)12(10)15)17-20(18,19)5-1-4-16-8-2-3-8/h6-8,16-17H,1-5H2. The maximum absolute atomic E-state index is 13.2. The van der Waals surface area contributed by atoms with Crippen LogP contribution in [0.2, 0.25) is 10.0 Å². The van der Waals surface area contributed by atoms with E-state index < -0.39 is 15.8 Å². The summed E-state index contributed by atoms with van der Waals surface area (Å²) < 4.78 is 39.3. The second-order valence-electron chi connectivity index (χ2n) is 4.76. The number of benzene rings is 1. The molecule has 2 N–H and O–H groups in total. The summed E-state index contributed by atoms with van der Waals surface area (Å²) in [6.07, 6.45) is 2.84. The van der Waals surface area contributed by atoms with Crippen molar-refractivity contribution >= 4 is 38.9 Å². The first-order chi connectivity index (χ1) is 9.37. The molecule has 1 aromatic rings. The quantitative estimate of drug-likeness (QED) is 0.592. The molecule has 1 fully saturated rings. The van der Waals surface area contributed by atoms with Crippen molar-refractivity contribution in [2.45, 2.75) is 25.3 Å². The van der Waals surface area contributed by atoms with Crippen LogP contribution >= 0.6 is 23.2 Å². The highest BCUT2D eigenvalue weighted by Crippen LogP contribution is 2.27. The number of hydrogen-bond donors (Lipinski definition) is 2. The van der Waals surface area contributed by atoms with Crippen molar-refractivity contribution in [1.29, 1.82) is 0 Å². The molecule has 20 heavy (non-hydrogen) atoms. The zero-order valence-corrected chi connectivity index (χ0v) is 13.0. The number of anilines is 1. The third-order valence-corrected chi connectivity index (χ3v) is 4.78. The van der Waals surface area contributed by atoms with Gasteiger partial charge in [0.15, 0.2) is 5.82 Å². The summed E-state index contributed by atoms with van der Waals surface area (Å²) in [4.78, 5) is 0. The first kappa shape index (κ1) is 15.8. The predicted octanol–water partition coefficient (Wildman–Crippen LogP) is 3.02. The monoisotopic (exact) mass is 340 g/mol. The van der Waals surface area contributed by atoms with Gasteiger partial charge >= 0.3 is 0 Å². The van der Waals surface area contributed by atoms with Gasteiger partial charge in [-0.25, -0.2) is 12.8 Å². The lowest BCUT2D eigenvalue weighted by molar-refractivity contribution is 0.593. The van der Waals surface area contributed by atoms with E-state index in [1.54, 1.807) is 0 Å². The van der Waals surface area contributed by atoms with Crippen LogP contribution in [-0.2, 0) is 10.0 Å². The van der Waals surface area contributed by atoms with E-state index >= 15 is 0 Å². The molecular formula is C12H15Cl2FN2O2S. The Morgan fingerprint density at radius 3 is 2.40 bits per heavy atom. The molecule has 1 saturated carbocycles. The van der Waals surface area contributed by atoms with Gasteiger partial charge in [0.2, 0.25) is 10.0 Å². The van der Waals surface area contributed by atoms with E-state index in [1.807, 2.05) is 0 Å². The van der Waals surface area contributed by atoms with Crippen LogP contribution < -0.4 is 10.0 Å². The summed E-state index contributed by atoms with van der Waals surface area (Å²) in [5.41, 5.74) is 0.163. The predicted molar refractivity (Wildman–Crippen MR) is 79.5 cm³/mol. The molecule has 1 aliphatic carbocycles. The van der Waals surface area contributed by atoms with Crippen LogP contribution in [0.15, 0.2) is 12.1 Å². The molecule has 0 saturated heterocycles. The second kappa shape index (κ2) is 6.47. The Morgan fingerprint density at radius 1 is 1.25 bits per heavy atom. The summed E-state index contributed by atoms with van der Waals surface area (Å²) in [5, 5.41) is 2.80. The summed E-state index contributed by atoms with van der Waals surface area (Å²) in [6, 6.07) is 2.95. The molecule has 2 rings (SSSR count). The van der Waals surface area contributed by atoms with Crippen molar-refractivity contribution < 1.29 is 12.8 Å². The van der Waals surface area contributed by atoms with Crippen LogP contribution in [0.4, 0.5) is 10.1 Å². The smallest absolute Gasteiger partial charge is 0.232 e. The summed E-state index contributed by atoms with van der Waals surface area (Å²) in [6.45, 7) is 0.663. The molecule has 0 atom stereocenters. The minimum Gasteiger partial charge on any atom is -0.314 e. The van der Waals surface area contributed by atoms with E-state index in [0.717, 1.165) is 12.8 Å². The van der Waals surface area contributed by atoms with E-state index in [0.29, 0.717) is 19.0 Å². The van der Waals surface area contributed by atoms with Gasteiger partial charge in [0, 0.05) is 6.04 Å². The second-order valence-corrected chi connectivity index (χ2v) is 7.41. The minimum absolute atomic E-state index is 0.0145. The van der Waals surface area contributed by atoms with Crippen LogP contribution in [0.5, 0.6) is 0 Å². The average molecular weight is 341 g/mol. The number of hydrogen-bond acceptors (Lipinski definition) is 3. The van der Waals surface area contributed by atoms with E-state index in [1.165, 1.54) is 12.1 Å². The van der Waals surface area contributed by atoms with Gasteiger partial charge in [0.05, 0.1) is 21.5 Å². The Bertz CT molecular complexity index is 568. The van der Waals surface area contributed by atoms with Crippen LogP contribution in [-0.4, -0.2) is 26.8 Å². The molecular weight excluding hydrogens is 326 g/mol. The lowest BCUT2D eigenvalue weighted by Gasteiger charge is -2.09. The fraction of sp³-hybridized carbons (Fsp3) is 0.500. The van der Waals surface area contributed by atoms with Crippen molar-refractivity contribution in [2.24, 2.45) is 0 Å². The van der Waals surface area contributed by atoms with E-state index in [2.05, 4.69) is 10.0 Å². The summed E-state index contributed by atoms with van der Waals surface area (Å²) in [7, 11) is -3.49. The maximum Gasteiger partial charge on any atom is 0.232 e. The van der Waals surface area contributed by atoms with Crippen molar-refractivity contribution in [1.82, 2.24) is 5.32 Å². The van der Waals surface area contributed by atoms with E-state index in [-0.39, 0.29) is 21.5 Å². The molecule has 0 aromatic heterocycles. The summed E-state index contributed by atoms with van der Waals surface area (Å²) >= 11 is 11.2. The van der Waals surface area contributed by atoms with Crippen LogP contribution in [0.1, 0.15) is 19.3 Å². The largest absolute Gasteiger partial charge is 0.314 e. The molecule has 0 bridgehead atoms. The molecule has 0 unspecified atom stereocenters. The topological polar surface area (TPSA) is 58.2 Å². The van der Waals surface area contributed by atoms with Gasteiger partial charge in [0.1, 0.15) is 0 Å². The zero-order chi connectivity index (χ0) is 14.8. The molecule has 112 valence electrons. The first-order valence-corrected chi connectivity index (χ1v) is 8.66. The van der Waals surface area contributed by atoms with Gasteiger partial charge in [-0.3, -0.25) is 4.72 Å². The van der Waals surface area contributed by atoms with Gasteiger partial charge in [-0.1, -0.05) is 23.2 Å². The molecule has 4 nitrogen and oxygen atoms in total. The van der Waals surface area contributed by atoms with Gasteiger partial charge in [-0.2, -0.15) is 0 Å². The Morgan fingerprint density at radius 2 is 1.85 bits per heavy atom. The molecule has 0 radical (unpaired) electrons. The number of nitrogens with one attached hydrogen (secondary N) is 2. The van der Waals surface area contributed by atoms with Crippen LogP contribution in [0.3, 0.4) is 0 Å². The lowest BCUT2D eigenvalue weighted by atomic mass is 10.3. The molecule has 1 aromatic carbocycles. The molecule has 0 aliphatic heterocycles. The molecule has 0 amide bonds. The number of rotatable bonds is 7. The SMILES string of the molecule is O=S(=O)(CCCNC1CC1)Nc1cc(Cl)c(F)c(Cl)c1. The van der Waals surface area contributed by atoms with Crippen molar-refractivity contribution in [2.75, 3.05) is 17.0 Å². The highest BCUT2D eigenvalue weighted by atomic mass is 35.5. The number of halogens is 3. The third kappa shape index (κ3) is 4.77.